The molecule has 1 aromatic carbocycles. The molecule has 3 rings (SSSR count). The van der Waals surface area contributed by atoms with Gasteiger partial charge in [0.15, 0.2) is 12.1 Å². The van der Waals surface area contributed by atoms with Crippen LogP contribution in [0.15, 0.2) is 30.6 Å². The summed E-state index contributed by atoms with van der Waals surface area (Å²) in [6, 6.07) is 1.68. The van der Waals surface area contributed by atoms with Crippen molar-refractivity contribution in [2.45, 2.75) is 51.0 Å². The third-order valence-corrected chi connectivity index (χ3v) is 5.66. The number of carboxylic acids is 4. The molecule has 224 valence electrons. The number of carbonyl (C=O) groups excluding carboxylic acids is 1. The van der Waals surface area contributed by atoms with Gasteiger partial charge in [-0.25, -0.2) is 23.7 Å². The zero-order chi connectivity index (χ0) is 30.8. The Hall–Kier alpha value is -5.55. The molecule has 0 unspecified atom stereocenters. The molecule has 0 saturated heterocycles. The fourth-order valence-corrected chi connectivity index (χ4v) is 3.61. The Balaban J connectivity index is 1.71. The van der Waals surface area contributed by atoms with E-state index >= 15 is 0 Å². The minimum absolute atomic E-state index is 0.0662. The number of esters is 1. The van der Waals surface area contributed by atoms with Gasteiger partial charge in [-0.15, -0.1) is 10.2 Å². The fourth-order valence-electron chi connectivity index (χ4n) is 3.61. The van der Waals surface area contributed by atoms with Gasteiger partial charge in [0.05, 0.1) is 25.1 Å². The zero-order valence-electron chi connectivity index (χ0n) is 22.0. The summed E-state index contributed by atoms with van der Waals surface area (Å²) in [5.74, 6) is -5.28. The molecule has 18 nitrogen and oxygen atoms in total. The third-order valence-electron chi connectivity index (χ3n) is 5.66. The first-order valence-electron chi connectivity index (χ1n) is 12.2. The highest BCUT2D eigenvalue weighted by Crippen LogP contribution is 2.25. The van der Waals surface area contributed by atoms with Crippen LogP contribution in [0.5, 0.6) is 11.5 Å². The molecule has 3 aromatic rings. The van der Waals surface area contributed by atoms with Crippen molar-refractivity contribution in [2.24, 2.45) is 0 Å². The first-order valence-corrected chi connectivity index (χ1v) is 12.2. The molecule has 0 radical (unpaired) electrons. The van der Waals surface area contributed by atoms with E-state index in [0.717, 1.165) is 9.36 Å². The van der Waals surface area contributed by atoms with Crippen LogP contribution in [-0.4, -0.2) is 87.4 Å². The van der Waals surface area contributed by atoms with Gasteiger partial charge in [-0.1, -0.05) is 10.4 Å². The summed E-state index contributed by atoms with van der Waals surface area (Å²) < 4.78 is 18.2. The van der Waals surface area contributed by atoms with Crippen LogP contribution in [-0.2, 0) is 37.1 Å². The molecule has 0 saturated carbocycles. The number of benzene rings is 1. The summed E-state index contributed by atoms with van der Waals surface area (Å²) in [5.41, 5.74) is 0.501. The van der Waals surface area contributed by atoms with Crippen LogP contribution in [0.2, 0.25) is 0 Å². The van der Waals surface area contributed by atoms with E-state index in [9.17, 15) is 34.2 Å². The van der Waals surface area contributed by atoms with Crippen molar-refractivity contribution >= 4 is 29.8 Å². The van der Waals surface area contributed by atoms with Crippen LogP contribution in [0.1, 0.15) is 59.5 Å². The van der Waals surface area contributed by atoms with Crippen LogP contribution < -0.4 is 9.47 Å². The minimum Gasteiger partial charge on any atom is -0.487 e. The molecule has 2 atom stereocenters. The van der Waals surface area contributed by atoms with E-state index in [1.165, 1.54) is 37.7 Å². The van der Waals surface area contributed by atoms with E-state index in [1.807, 2.05) is 0 Å². The third kappa shape index (κ3) is 8.73. The molecule has 42 heavy (non-hydrogen) atoms. The zero-order valence-corrected chi connectivity index (χ0v) is 22.0. The Bertz CT molecular complexity index is 1350. The Morgan fingerprint density at radius 2 is 1.17 bits per heavy atom. The molecular weight excluding hydrogens is 564 g/mol. The number of carbonyl (C=O) groups is 5. The lowest BCUT2D eigenvalue weighted by Gasteiger charge is -2.11. The van der Waals surface area contributed by atoms with E-state index in [-0.39, 0.29) is 67.3 Å². The lowest BCUT2D eigenvalue weighted by atomic mass is 10.1. The van der Waals surface area contributed by atoms with E-state index in [2.05, 4.69) is 20.6 Å². The number of carboxylic acid groups (broad SMARTS) is 4. The fraction of sp³-hybridized carbons (Fsp3) is 0.375. The van der Waals surface area contributed by atoms with Gasteiger partial charge in [0.2, 0.25) is 0 Å². The Morgan fingerprint density at radius 3 is 1.52 bits per heavy atom. The van der Waals surface area contributed by atoms with Crippen LogP contribution in [0, 0.1) is 0 Å². The molecular formula is C24H26N6O12. The number of methoxy groups -OCH3 is 1. The lowest BCUT2D eigenvalue weighted by molar-refractivity contribution is -0.144. The predicted octanol–water partition coefficient (Wildman–Crippen LogP) is 0.795. The lowest BCUT2D eigenvalue weighted by Crippen LogP contribution is -2.20. The van der Waals surface area contributed by atoms with Crippen LogP contribution in [0.4, 0.5) is 0 Å². The van der Waals surface area contributed by atoms with Crippen molar-refractivity contribution in [3.05, 3.63) is 47.5 Å². The van der Waals surface area contributed by atoms with E-state index < -0.39 is 41.9 Å². The van der Waals surface area contributed by atoms with E-state index in [0.29, 0.717) is 0 Å². The molecule has 0 aliphatic heterocycles. The average Bonchev–Trinajstić information content (AvgIpc) is 3.60. The maximum Gasteiger partial charge on any atom is 0.338 e. The van der Waals surface area contributed by atoms with Gasteiger partial charge >= 0.3 is 29.8 Å². The van der Waals surface area contributed by atoms with Gasteiger partial charge in [-0.05, 0) is 25.0 Å². The van der Waals surface area contributed by atoms with E-state index in [4.69, 9.17) is 24.4 Å². The predicted molar refractivity (Wildman–Crippen MR) is 134 cm³/mol. The number of rotatable bonds is 17. The maximum absolute atomic E-state index is 12.2. The SMILES string of the molecule is COC(=O)c1cc(OCc2cn([C@@H](CCC(=O)O)C(=O)O)nn2)cc(OCc2cn([C@@H](CCC(=O)O)C(=O)O)nn2)c1. The number of hydrogen-bond donors (Lipinski definition) is 4. The second-order valence-corrected chi connectivity index (χ2v) is 8.71. The number of aromatic nitrogens is 6. The second-order valence-electron chi connectivity index (χ2n) is 8.71. The standard InChI is InChI=1S/C24H26N6O12/c1-40-24(39)13-6-16(41-11-14-9-29(27-25-14)18(22(35)36)2-4-20(31)32)8-17(7-13)42-12-15-10-30(28-26-15)19(23(37)38)3-5-21(33)34/h6-10,18-19H,2-5,11-12H2,1H3,(H,31,32)(H,33,34)(H,35,36)(H,37,38)/t18-,19-/m0/s1. The highest BCUT2D eigenvalue weighted by molar-refractivity contribution is 5.90. The van der Waals surface area contributed by atoms with Crippen LogP contribution in [0.25, 0.3) is 0 Å². The summed E-state index contributed by atoms with van der Waals surface area (Å²) in [4.78, 5) is 56.9. The average molecular weight is 591 g/mol. The summed E-state index contributed by atoms with van der Waals surface area (Å²) in [5, 5.41) is 51.7. The molecule has 2 aromatic heterocycles. The summed E-state index contributed by atoms with van der Waals surface area (Å²) >= 11 is 0. The van der Waals surface area contributed by atoms with Crippen LogP contribution >= 0.6 is 0 Å². The highest BCUT2D eigenvalue weighted by Gasteiger charge is 2.24. The Morgan fingerprint density at radius 1 is 0.738 bits per heavy atom. The summed E-state index contributed by atoms with van der Waals surface area (Å²) in [6.07, 6.45) is 1.42. The van der Waals surface area contributed by atoms with Gasteiger partial charge < -0.3 is 34.6 Å². The molecule has 2 heterocycles. The van der Waals surface area contributed by atoms with Gasteiger partial charge in [-0.2, -0.15) is 0 Å². The van der Waals surface area contributed by atoms with E-state index in [1.54, 1.807) is 0 Å². The summed E-state index contributed by atoms with van der Waals surface area (Å²) in [6.45, 7) is -0.396. The normalized spacial score (nSPS) is 12.2. The first kappa shape index (κ1) is 31.0. The van der Waals surface area contributed by atoms with Crippen molar-refractivity contribution in [3.8, 4) is 11.5 Å². The second kappa shape index (κ2) is 14.2. The summed E-state index contributed by atoms with van der Waals surface area (Å²) in [7, 11) is 1.18. The molecule has 0 fully saturated rings. The van der Waals surface area contributed by atoms with Crippen molar-refractivity contribution in [3.63, 3.8) is 0 Å². The smallest absolute Gasteiger partial charge is 0.338 e. The van der Waals surface area contributed by atoms with Gasteiger partial charge in [0.25, 0.3) is 0 Å². The van der Waals surface area contributed by atoms with Crippen molar-refractivity contribution in [2.75, 3.05) is 7.11 Å². The van der Waals surface area contributed by atoms with Crippen molar-refractivity contribution in [1.82, 2.24) is 30.0 Å². The van der Waals surface area contributed by atoms with Gasteiger partial charge in [0.1, 0.15) is 36.1 Å². The molecule has 0 amide bonds. The van der Waals surface area contributed by atoms with Crippen molar-refractivity contribution < 1.29 is 58.6 Å². The van der Waals surface area contributed by atoms with Crippen molar-refractivity contribution in [1.29, 1.82) is 0 Å². The van der Waals surface area contributed by atoms with Gasteiger partial charge in [0, 0.05) is 18.9 Å². The topological polar surface area (TPSA) is 255 Å². The Kier molecular flexibility index (Phi) is 10.5. The van der Waals surface area contributed by atoms with Gasteiger partial charge in [-0.3, -0.25) is 9.59 Å². The highest BCUT2D eigenvalue weighted by atomic mass is 16.5. The molecule has 0 bridgehead atoms. The number of ether oxygens (including phenoxy) is 3. The maximum atomic E-state index is 12.2. The molecule has 0 aliphatic rings. The number of hydrogen-bond acceptors (Lipinski definition) is 12. The quantitative estimate of drug-likeness (QED) is 0.158. The van der Waals surface area contributed by atoms with Crippen LogP contribution in [0.3, 0.4) is 0 Å². The number of nitrogens with zero attached hydrogens (tertiary/aromatic N) is 6. The molecule has 4 N–H and O–H groups in total. The molecule has 0 aliphatic carbocycles. The molecule has 0 spiro atoms. The largest absolute Gasteiger partial charge is 0.487 e. The number of aliphatic carboxylic acids is 4. The Labute approximate surface area is 236 Å². The monoisotopic (exact) mass is 590 g/mol. The minimum atomic E-state index is -1.28. The molecule has 18 heteroatoms. The first-order chi connectivity index (χ1) is 20.0.